The molecule has 2 aromatic carbocycles. The normalized spacial score (nSPS) is 10.5. The van der Waals surface area contributed by atoms with Crippen molar-refractivity contribution in [2.45, 2.75) is 20.4 Å². The highest BCUT2D eigenvalue weighted by molar-refractivity contribution is 6.31. The number of rotatable bonds is 6. The van der Waals surface area contributed by atoms with Crippen LogP contribution in [0.4, 0.5) is 17.5 Å². The van der Waals surface area contributed by atoms with E-state index in [1.54, 1.807) is 19.4 Å². The van der Waals surface area contributed by atoms with E-state index >= 15 is 0 Å². The number of anilines is 3. The highest BCUT2D eigenvalue weighted by Crippen LogP contribution is 2.32. The van der Waals surface area contributed by atoms with Crippen molar-refractivity contribution in [3.8, 4) is 5.75 Å². The Hall–Kier alpha value is -2.86. The lowest BCUT2D eigenvalue weighted by Crippen LogP contribution is -2.06. The second-order valence-electron chi connectivity index (χ2n) is 5.93. The van der Waals surface area contributed by atoms with Crippen LogP contribution in [0.1, 0.15) is 16.7 Å². The summed E-state index contributed by atoms with van der Waals surface area (Å²) >= 11 is 6.14. The first-order chi connectivity index (χ1) is 12.5. The predicted octanol–water partition coefficient (Wildman–Crippen LogP) is 4.51. The first-order valence-electron chi connectivity index (χ1n) is 8.15. The molecule has 0 saturated heterocycles. The first-order valence-corrected chi connectivity index (χ1v) is 8.53. The molecular weight excluding hydrogens is 350 g/mol. The molecule has 0 fully saturated rings. The molecule has 26 heavy (non-hydrogen) atoms. The minimum Gasteiger partial charge on any atom is -0.495 e. The Labute approximate surface area is 157 Å². The van der Waals surface area contributed by atoms with Crippen LogP contribution in [0.25, 0.3) is 0 Å². The van der Waals surface area contributed by atoms with Gasteiger partial charge in [0.1, 0.15) is 5.75 Å². The van der Waals surface area contributed by atoms with Crippen LogP contribution in [0.5, 0.6) is 5.75 Å². The zero-order chi connectivity index (χ0) is 18.5. The second-order valence-corrected chi connectivity index (χ2v) is 6.34. The molecule has 0 unspecified atom stereocenters. The van der Waals surface area contributed by atoms with Gasteiger partial charge in [0.15, 0.2) is 5.82 Å². The molecule has 0 atom stereocenters. The zero-order valence-corrected chi connectivity index (χ0v) is 15.6. The SMILES string of the molecule is COc1cc(Cl)c(C)cc1Nc1nncc(NCc2ccc(C)cc2)n1. The third-order valence-electron chi connectivity index (χ3n) is 3.88. The van der Waals surface area contributed by atoms with E-state index in [-0.39, 0.29) is 0 Å². The van der Waals surface area contributed by atoms with Gasteiger partial charge in [0.25, 0.3) is 0 Å². The van der Waals surface area contributed by atoms with Gasteiger partial charge in [-0.25, -0.2) is 0 Å². The lowest BCUT2D eigenvalue weighted by Gasteiger charge is -2.12. The average Bonchev–Trinajstić information content (AvgIpc) is 2.64. The number of ether oxygens (including phenoxy) is 1. The average molecular weight is 370 g/mol. The third kappa shape index (κ3) is 4.40. The van der Waals surface area contributed by atoms with Gasteiger partial charge in [-0.2, -0.15) is 10.1 Å². The summed E-state index contributed by atoms with van der Waals surface area (Å²) in [6, 6.07) is 12.0. The fraction of sp³-hybridized carbons (Fsp3) is 0.211. The van der Waals surface area contributed by atoms with Crippen molar-refractivity contribution in [3.05, 3.63) is 64.3 Å². The Balaban J connectivity index is 1.73. The van der Waals surface area contributed by atoms with Crippen molar-refractivity contribution in [3.63, 3.8) is 0 Å². The topological polar surface area (TPSA) is 72.0 Å². The van der Waals surface area contributed by atoms with Crippen LogP contribution in [0.2, 0.25) is 5.02 Å². The van der Waals surface area contributed by atoms with Gasteiger partial charge in [0.05, 0.1) is 19.0 Å². The van der Waals surface area contributed by atoms with Crippen LogP contribution in [-0.4, -0.2) is 22.3 Å². The van der Waals surface area contributed by atoms with E-state index in [1.807, 2.05) is 13.0 Å². The smallest absolute Gasteiger partial charge is 0.249 e. The van der Waals surface area contributed by atoms with Crippen LogP contribution < -0.4 is 15.4 Å². The molecule has 1 heterocycles. The highest BCUT2D eigenvalue weighted by atomic mass is 35.5. The molecular formula is C19H20ClN5O. The molecule has 2 N–H and O–H groups in total. The maximum atomic E-state index is 6.14. The molecule has 0 aliphatic rings. The van der Waals surface area contributed by atoms with Crippen molar-refractivity contribution in [2.24, 2.45) is 0 Å². The minimum atomic E-state index is 0.374. The quantitative estimate of drug-likeness (QED) is 0.666. The van der Waals surface area contributed by atoms with Crippen molar-refractivity contribution in [2.75, 3.05) is 17.7 Å². The van der Waals surface area contributed by atoms with Gasteiger partial charge in [-0.3, -0.25) is 0 Å². The monoisotopic (exact) mass is 369 g/mol. The van der Waals surface area contributed by atoms with Gasteiger partial charge < -0.3 is 15.4 Å². The molecule has 7 heteroatoms. The molecule has 0 saturated carbocycles. The molecule has 0 radical (unpaired) electrons. The van der Waals surface area contributed by atoms with E-state index in [1.165, 1.54) is 11.1 Å². The lowest BCUT2D eigenvalue weighted by molar-refractivity contribution is 0.416. The van der Waals surface area contributed by atoms with E-state index < -0.39 is 0 Å². The molecule has 0 amide bonds. The van der Waals surface area contributed by atoms with Crippen LogP contribution in [0, 0.1) is 13.8 Å². The Morgan fingerprint density at radius 2 is 1.88 bits per heavy atom. The van der Waals surface area contributed by atoms with Crippen LogP contribution in [-0.2, 0) is 6.54 Å². The fourth-order valence-electron chi connectivity index (χ4n) is 2.39. The Bertz CT molecular complexity index is 899. The van der Waals surface area contributed by atoms with Gasteiger partial charge in [0.2, 0.25) is 5.95 Å². The summed E-state index contributed by atoms with van der Waals surface area (Å²) in [5, 5.41) is 15.0. The molecule has 3 rings (SSSR count). The number of hydrogen-bond acceptors (Lipinski definition) is 6. The number of nitrogens with one attached hydrogen (secondary N) is 2. The molecule has 3 aromatic rings. The molecule has 0 spiro atoms. The molecule has 1 aromatic heterocycles. The van der Waals surface area contributed by atoms with Gasteiger partial charge in [-0.15, -0.1) is 5.10 Å². The number of halogens is 1. The van der Waals surface area contributed by atoms with Crippen LogP contribution in [0.3, 0.4) is 0 Å². The van der Waals surface area contributed by atoms with Crippen LogP contribution >= 0.6 is 11.6 Å². The van der Waals surface area contributed by atoms with Crippen molar-refractivity contribution in [1.29, 1.82) is 0 Å². The Morgan fingerprint density at radius 1 is 1.12 bits per heavy atom. The number of hydrogen-bond donors (Lipinski definition) is 2. The van der Waals surface area contributed by atoms with E-state index in [2.05, 4.69) is 57.0 Å². The number of aromatic nitrogens is 3. The maximum absolute atomic E-state index is 6.14. The van der Waals surface area contributed by atoms with Crippen molar-refractivity contribution >= 4 is 29.1 Å². The van der Waals surface area contributed by atoms with Crippen LogP contribution in [0.15, 0.2) is 42.6 Å². The largest absolute Gasteiger partial charge is 0.495 e. The van der Waals surface area contributed by atoms with Crippen molar-refractivity contribution in [1.82, 2.24) is 15.2 Å². The lowest BCUT2D eigenvalue weighted by atomic mass is 10.1. The standard InChI is InChI=1S/C19H20ClN5O/c1-12-4-6-14(7-5-12)10-21-18-11-22-25-19(24-18)23-16-8-13(2)15(20)9-17(16)26-3/h4-9,11H,10H2,1-3H3,(H2,21,23,24,25). The summed E-state index contributed by atoms with van der Waals surface area (Å²) in [5.74, 6) is 1.62. The van der Waals surface area contributed by atoms with Gasteiger partial charge in [-0.1, -0.05) is 41.4 Å². The molecule has 0 aliphatic carbocycles. The van der Waals surface area contributed by atoms with Gasteiger partial charge >= 0.3 is 0 Å². The fourth-order valence-corrected chi connectivity index (χ4v) is 2.54. The van der Waals surface area contributed by atoms with E-state index in [9.17, 15) is 0 Å². The highest BCUT2D eigenvalue weighted by Gasteiger charge is 2.09. The van der Waals surface area contributed by atoms with E-state index in [4.69, 9.17) is 16.3 Å². The molecule has 0 aliphatic heterocycles. The van der Waals surface area contributed by atoms with E-state index in [0.717, 1.165) is 11.3 Å². The summed E-state index contributed by atoms with van der Waals surface area (Å²) < 4.78 is 5.36. The number of nitrogens with zero attached hydrogens (tertiary/aromatic N) is 3. The number of benzene rings is 2. The van der Waals surface area contributed by atoms with Gasteiger partial charge in [-0.05, 0) is 31.0 Å². The van der Waals surface area contributed by atoms with E-state index in [0.29, 0.717) is 29.1 Å². The summed E-state index contributed by atoms with van der Waals surface area (Å²) in [6.45, 7) is 4.64. The summed E-state index contributed by atoms with van der Waals surface area (Å²) in [4.78, 5) is 4.44. The molecule has 6 nitrogen and oxygen atoms in total. The number of methoxy groups -OCH3 is 1. The second kappa shape index (κ2) is 8.01. The summed E-state index contributed by atoms with van der Waals surface area (Å²) in [6.07, 6.45) is 1.59. The maximum Gasteiger partial charge on any atom is 0.249 e. The summed E-state index contributed by atoms with van der Waals surface area (Å²) in [7, 11) is 1.59. The Morgan fingerprint density at radius 3 is 2.62 bits per heavy atom. The van der Waals surface area contributed by atoms with Crippen molar-refractivity contribution < 1.29 is 4.74 Å². The molecule has 134 valence electrons. The zero-order valence-electron chi connectivity index (χ0n) is 14.9. The minimum absolute atomic E-state index is 0.374. The third-order valence-corrected chi connectivity index (χ3v) is 4.29. The Kier molecular flexibility index (Phi) is 5.53. The predicted molar refractivity (Wildman–Crippen MR) is 104 cm³/mol. The number of aryl methyl sites for hydroxylation is 2. The summed E-state index contributed by atoms with van der Waals surface area (Å²) in [5.41, 5.74) is 4.05. The van der Waals surface area contributed by atoms with Gasteiger partial charge in [0, 0.05) is 17.6 Å². The molecule has 0 bridgehead atoms. The first kappa shape index (κ1) is 17.9.